The third-order valence-electron chi connectivity index (χ3n) is 9.03. The van der Waals surface area contributed by atoms with Crippen LogP contribution in [0.3, 0.4) is 0 Å². The molecule has 57 heavy (non-hydrogen) atoms. The number of ether oxygens (including phenoxy) is 3. The summed E-state index contributed by atoms with van der Waals surface area (Å²) in [5, 5.41) is 15.5. The van der Waals surface area contributed by atoms with Crippen LogP contribution < -0.4 is 10.6 Å². The number of hydrogen-bond donors (Lipinski definition) is 2. The molecule has 16 nitrogen and oxygen atoms in total. The van der Waals surface area contributed by atoms with Gasteiger partial charge < -0.3 is 29.7 Å². The molecule has 294 valence electrons. The van der Waals surface area contributed by atoms with E-state index in [1.807, 2.05) is 91.0 Å². The number of benzene rings is 3. The van der Waals surface area contributed by atoms with Crippen molar-refractivity contribution in [2.45, 2.75) is 43.5 Å². The lowest BCUT2D eigenvalue weighted by Gasteiger charge is -2.49. The van der Waals surface area contributed by atoms with Crippen molar-refractivity contribution in [3.05, 3.63) is 140 Å². The molecule has 2 aliphatic heterocycles. The highest BCUT2D eigenvalue weighted by atomic mass is 32.2. The molecule has 1 saturated heterocycles. The van der Waals surface area contributed by atoms with E-state index >= 15 is 0 Å². The number of esters is 2. The van der Waals surface area contributed by atoms with Crippen molar-refractivity contribution in [1.82, 2.24) is 15.2 Å². The van der Waals surface area contributed by atoms with Gasteiger partial charge >= 0.3 is 11.9 Å². The molecular weight excluding hydrogens is 773 g/mol. The molecule has 3 heterocycles. The Bertz CT molecular complexity index is 2130. The van der Waals surface area contributed by atoms with E-state index in [0.717, 1.165) is 23.6 Å². The first-order valence-corrected chi connectivity index (χ1v) is 19.4. The fourth-order valence-electron chi connectivity index (χ4n) is 6.13. The number of fused-ring (bicyclic) bond motifs is 1. The van der Waals surface area contributed by atoms with Crippen LogP contribution >= 0.6 is 23.1 Å². The van der Waals surface area contributed by atoms with Crippen LogP contribution in [0.1, 0.15) is 43.2 Å². The molecule has 2 N–H and O–H groups in total. The monoisotopic (exact) mass is 810 g/mol. The molecule has 2 aliphatic rings. The molecule has 1 fully saturated rings. The second-order valence-electron chi connectivity index (χ2n) is 13.0. The lowest BCUT2D eigenvalue weighted by atomic mass is 9.77. The SMILES string of the molecule is COC(C)(C)ON=C(C(=O)NC1C(=O)N2C(C(=O)OCOC(C)=O)=C(CN=[N+]=[N-])CS[C@H]12)c1csc(NC(c2ccccc2)(c2ccccc2)c2ccccc2)n1. The first-order valence-electron chi connectivity index (χ1n) is 17.5. The van der Waals surface area contributed by atoms with E-state index in [4.69, 9.17) is 29.6 Å². The highest BCUT2D eigenvalue weighted by Crippen LogP contribution is 2.42. The lowest BCUT2D eigenvalue weighted by Crippen LogP contribution is -2.71. The van der Waals surface area contributed by atoms with E-state index in [1.165, 1.54) is 35.1 Å². The van der Waals surface area contributed by atoms with Gasteiger partial charge in [0.25, 0.3) is 11.8 Å². The number of amides is 2. The molecule has 2 amide bonds. The number of carbonyl (C=O) groups is 4. The number of aromatic nitrogens is 1. The van der Waals surface area contributed by atoms with Gasteiger partial charge in [-0.1, -0.05) is 101 Å². The summed E-state index contributed by atoms with van der Waals surface area (Å²) in [6, 6.07) is 28.7. The lowest BCUT2D eigenvalue weighted by molar-refractivity contribution is -0.197. The van der Waals surface area contributed by atoms with Crippen molar-refractivity contribution in [2.75, 3.05) is 31.5 Å². The van der Waals surface area contributed by atoms with Gasteiger partial charge in [-0.25, -0.2) is 9.78 Å². The normalized spacial score (nSPS) is 16.7. The molecule has 0 spiro atoms. The minimum absolute atomic E-state index is 0.151. The molecule has 0 bridgehead atoms. The average molecular weight is 811 g/mol. The van der Waals surface area contributed by atoms with E-state index < -0.39 is 53.3 Å². The van der Waals surface area contributed by atoms with Gasteiger partial charge in [0.15, 0.2) is 10.8 Å². The highest BCUT2D eigenvalue weighted by Gasteiger charge is 2.54. The Morgan fingerprint density at radius 2 is 1.56 bits per heavy atom. The summed E-state index contributed by atoms with van der Waals surface area (Å²) in [6.45, 7) is 3.48. The Kier molecular flexibility index (Phi) is 12.6. The molecule has 0 saturated carbocycles. The maximum absolute atomic E-state index is 14.2. The topological polar surface area (TPSA) is 207 Å². The van der Waals surface area contributed by atoms with Gasteiger partial charge in [0.2, 0.25) is 12.6 Å². The first-order chi connectivity index (χ1) is 27.5. The van der Waals surface area contributed by atoms with Crippen LogP contribution in [0.5, 0.6) is 0 Å². The Morgan fingerprint density at radius 1 is 0.965 bits per heavy atom. The molecular formula is C39H38N8O8S2. The number of oxime groups is 1. The summed E-state index contributed by atoms with van der Waals surface area (Å²) in [7, 11) is 1.43. The predicted octanol–water partition coefficient (Wildman–Crippen LogP) is 5.68. The largest absolute Gasteiger partial charge is 0.428 e. The number of methoxy groups -OCH3 is 1. The number of thioether (sulfide) groups is 1. The van der Waals surface area contributed by atoms with Crippen LogP contribution in [0.25, 0.3) is 10.4 Å². The van der Waals surface area contributed by atoms with E-state index in [2.05, 4.69) is 25.8 Å². The molecule has 3 aromatic carbocycles. The van der Waals surface area contributed by atoms with Crippen LogP contribution in [-0.4, -0.2) is 82.8 Å². The van der Waals surface area contributed by atoms with Crippen molar-refractivity contribution in [3.8, 4) is 0 Å². The maximum atomic E-state index is 14.2. The predicted molar refractivity (Wildman–Crippen MR) is 212 cm³/mol. The zero-order valence-electron chi connectivity index (χ0n) is 31.3. The van der Waals surface area contributed by atoms with Crippen LogP contribution in [0.2, 0.25) is 0 Å². The van der Waals surface area contributed by atoms with Gasteiger partial charge in [-0.15, -0.1) is 23.1 Å². The summed E-state index contributed by atoms with van der Waals surface area (Å²) in [5.41, 5.74) is 10.9. The van der Waals surface area contributed by atoms with Gasteiger partial charge in [0.1, 0.15) is 28.3 Å². The second-order valence-corrected chi connectivity index (χ2v) is 15.0. The zero-order valence-corrected chi connectivity index (χ0v) is 32.9. The number of nitrogens with one attached hydrogen (secondary N) is 2. The average Bonchev–Trinajstić information content (AvgIpc) is 3.69. The quantitative estimate of drug-likeness (QED) is 0.0162. The van der Waals surface area contributed by atoms with Gasteiger partial charge in [0, 0.05) is 43.9 Å². The molecule has 1 aromatic heterocycles. The number of nitrogens with zero attached hydrogens (tertiary/aromatic N) is 6. The van der Waals surface area contributed by atoms with Gasteiger partial charge in [-0.2, -0.15) is 0 Å². The molecule has 0 radical (unpaired) electrons. The number of anilines is 1. The van der Waals surface area contributed by atoms with Crippen LogP contribution in [0, 0.1) is 0 Å². The molecule has 2 atom stereocenters. The van der Waals surface area contributed by atoms with Crippen LogP contribution in [-0.2, 0) is 43.8 Å². The summed E-state index contributed by atoms with van der Waals surface area (Å²) in [6.07, 6.45) is 0. The zero-order chi connectivity index (χ0) is 40.6. The Hall–Kier alpha value is -6.20. The van der Waals surface area contributed by atoms with Gasteiger partial charge in [0.05, 0.1) is 6.54 Å². The van der Waals surface area contributed by atoms with Crippen molar-refractivity contribution in [3.63, 3.8) is 0 Å². The smallest absolute Gasteiger partial charge is 0.357 e. The summed E-state index contributed by atoms with van der Waals surface area (Å²) >= 11 is 2.50. The fourth-order valence-corrected chi connectivity index (χ4v) is 8.22. The van der Waals surface area contributed by atoms with Gasteiger partial charge in [-0.05, 0) is 27.8 Å². The Balaban J connectivity index is 1.31. The standard InChI is InChI=1S/C39H38N8O8S2/c1-24(48)53-23-54-36(51)32-25(20-41-46-40)21-56-35-31(34(50)47(32)35)43-33(49)30(45-55-38(2,3)52-4)29-22-57-37(42-29)44-39(26-14-8-5-9-15-26,27-16-10-6-11-17-27)28-18-12-7-13-19-28/h5-19,22,31,35H,20-21,23H2,1-4H3,(H,42,44)(H,43,49)/t31?,35-/m1/s1. The molecule has 4 aromatic rings. The molecule has 1 unspecified atom stereocenters. The fraction of sp³-hybridized carbons (Fsp3) is 0.282. The Morgan fingerprint density at radius 3 is 2.11 bits per heavy atom. The third-order valence-corrected chi connectivity index (χ3v) is 11.1. The third kappa shape index (κ3) is 8.79. The van der Waals surface area contributed by atoms with Crippen molar-refractivity contribution < 1.29 is 38.2 Å². The van der Waals surface area contributed by atoms with Crippen molar-refractivity contribution in [1.29, 1.82) is 0 Å². The summed E-state index contributed by atoms with van der Waals surface area (Å²) < 4.78 is 15.2. The minimum atomic E-state index is -1.23. The van der Waals surface area contributed by atoms with E-state index in [9.17, 15) is 19.2 Å². The van der Waals surface area contributed by atoms with Crippen molar-refractivity contribution >= 4 is 57.7 Å². The van der Waals surface area contributed by atoms with E-state index in [-0.39, 0.29) is 29.4 Å². The van der Waals surface area contributed by atoms with Gasteiger partial charge in [-0.3, -0.25) is 19.3 Å². The van der Waals surface area contributed by atoms with E-state index in [1.54, 1.807) is 19.2 Å². The number of carbonyl (C=O) groups excluding carboxylic acids is 4. The van der Waals surface area contributed by atoms with Crippen LogP contribution in [0.4, 0.5) is 5.13 Å². The maximum Gasteiger partial charge on any atom is 0.357 e. The van der Waals surface area contributed by atoms with E-state index in [0.29, 0.717) is 10.7 Å². The number of hydrogen-bond acceptors (Lipinski definition) is 14. The summed E-state index contributed by atoms with van der Waals surface area (Å²) in [4.78, 5) is 66.6. The van der Waals surface area contributed by atoms with Crippen molar-refractivity contribution in [2.24, 2.45) is 10.3 Å². The molecule has 18 heteroatoms. The molecule has 6 rings (SSSR count). The second kappa shape index (κ2) is 17.7. The number of rotatable bonds is 16. The number of β-lactam (4-membered cyclic amide) rings is 1. The van der Waals surface area contributed by atoms with Crippen LogP contribution in [0.15, 0.2) is 118 Å². The minimum Gasteiger partial charge on any atom is -0.428 e. The first kappa shape index (κ1) is 40.5. The Labute approximate surface area is 335 Å². The number of thiazole rings is 1. The number of azide groups is 1. The summed E-state index contributed by atoms with van der Waals surface area (Å²) in [5.74, 6) is -4.09. The molecule has 0 aliphatic carbocycles. The highest BCUT2D eigenvalue weighted by molar-refractivity contribution is 8.00.